The Balaban J connectivity index is 1.35. The van der Waals surface area contributed by atoms with Gasteiger partial charge in [-0.2, -0.15) is 0 Å². The van der Waals surface area contributed by atoms with E-state index in [1.54, 1.807) is 0 Å². The van der Waals surface area contributed by atoms with Crippen molar-refractivity contribution in [3.05, 3.63) is 23.8 Å². The van der Waals surface area contributed by atoms with Gasteiger partial charge in [-0.3, -0.25) is 0 Å². The lowest BCUT2D eigenvalue weighted by molar-refractivity contribution is 0.226. The first-order valence-electron chi connectivity index (χ1n) is 12.1. The normalized spacial score (nSPS) is 29.0. The van der Waals surface area contributed by atoms with Gasteiger partial charge in [-0.25, -0.2) is 9.97 Å². The van der Waals surface area contributed by atoms with Gasteiger partial charge in [0.2, 0.25) is 0 Å². The molecule has 27 heavy (non-hydrogen) atoms. The number of nitrogens with zero attached hydrogens (tertiary/aromatic N) is 2. The highest BCUT2D eigenvalue weighted by atomic mass is 14.9. The van der Waals surface area contributed by atoms with E-state index in [2.05, 4.69) is 26.2 Å². The monoisotopic (exact) mass is 370 g/mol. The van der Waals surface area contributed by atoms with E-state index in [-0.39, 0.29) is 0 Å². The lowest BCUT2D eigenvalue weighted by atomic mass is 9.75. The number of hydrogen-bond donors (Lipinski definition) is 0. The van der Waals surface area contributed by atoms with Gasteiger partial charge in [-0.05, 0) is 61.8 Å². The molecule has 1 heterocycles. The van der Waals surface area contributed by atoms with Crippen LogP contribution in [0.1, 0.15) is 121 Å². The van der Waals surface area contributed by atoms with Crippen molar-refractivity contribution in [1.29, 1.82) is 0 Å². The van der Waals surface area contributed by atoms with Crippen LogP contribution >= 0.6 is 0 Å². The van der Waals surface area contributed by atoms with Gasteiger partial charge in [0.1, 0.15) is 5.82 Å². The van der Waals surface area contributed by atoms with Gasteiger partial charge in [0.15, 0.2) is 0 Å². The maximum Gasteiger partial charge on any atom is 0.131 e. The fraction of sp³-hybridized carbons (Fsp3) is 0.840. The summed E-state index contributed by atoms with van der Waals surface area (Å²) >= 11 is 0. The molecule has 0 unspecified atom stereocenters. The first-order valence-corrected chi connectivity index (χ1v) is 12.1. The summed E-state index contributed by atoms with van der Waals surface area (Å²) in [6, 6.07) is 0. The molecule has 0 aromatic carbocycles. The van der Waals surface area contributed by atoms with E-state index in [4.69, 9.17) is 9.97 Å². The molecular formula is C25H42N2. The topological polar surface area (TPSA) is 25.8 Å². The molecule has 0 spiro atoms. The van der Waals surface area contributed by atoms with Crippen molar-refractivity contribution in [2.75, 3.05) is 0 Å². The van der Waals surface area contributed by atoms with E-state index in [9.17, 15) is 0 Å². The lowest BCUT2D eigenvalue weighted by Crippen LogP contribution is -2.18. The second kappa shape index (κ2) is 11.2. The number of hydrogen-bond acceptors (Lipinski definition) is 2. The fourth-order valence-electron chi connectivity index (χ4n) is 5.39. The molecule has 0 radical (unpaired) electrons. The molecule has 0 bridgehead atoms. The van der Waals surface area contributed by atoms with Gasteiger partial charge in [-0.15, -0.1) is 0 Å². The predicted octanol–water partition coefficient (Wildman–Crippen LogP) is 7.48. The van der Waals surface area contributed by atoms with Gasteiger partial charge in [0.05, 0.1) is 0 Å². The molecular weight excluding hydrogens is 328 g/mol. The van der Waals surface area contributed by atoms with Crippen LogP contribution in [-0.4, -0.2) is 9.97 Å². The molecule has 0 aliphatic heterocycles. The molecule has 0 atom stereocenters. The van der Waals surface area contributed by atoms with Crippen LogP contribution in [0.4, 0.5) is 0 Å². The average molecular weight is 371 g/mol. The predicted molar refractivity (Wildman–Crippen MR) is 115 cm³/mol. The molecule has 2 heteroatoms. The third-order valence-corrected chi connectivity index (χ3v) is 7.53. The number of aromatic nitrogens is 2. The minimum atomic E-state index is 0.617. The van der Waals surface area contributed by atoms with Crippen molar-refractivity contribution in [2.24, 2.45) is 17.8 Å². The highest BCUT2D eigenvalue weighted by Gasteiger charge is 2.26. The van der Waals surface area contributed by atoms with Crippen molar-refractivity contribution in [3.8, 4) is 0 Å². The van der Waals surface area contributed by atoms with Crippen molar-refractivity contribution in [2.45, 2.75) is 116 Å². The Morgan fingerprint density at radius 3 is 1.85 bits per heavy atom. The molecule has 2 aliphatic rings. The van der Waals surface area contributed by atoms with Gasteiger partial charge in [0.25, 0.3) is 0 Å². The van der Waals surface area contributed by atoms with Crippen LogP contribution in [0.2, 0.25) is 0 Å². The summed E-state index contributed by atoms with van der Waals surface area (Å²) in [6.45, 7) is 4.62. The highest BCUT2D eigenvalue weighted by molar-refractivity contribution is 5.08. The van der Waals surface area contributed by atoms with E-state index in [0.717, 1.165) is 30.0 Å². The second-order valence-corrected chi connectivity index (χ2v) is 9.50. The average Bonchev–Trinajstić information content (AvgIpc) is 2.74. The summed E-state index contributed by atoms with van der Waals surface area (Å²) < 4.78 is 0. The van der Waals surface area contributed by atoms with Gasteiger partial charge in [0, 0.05) is 18.3 Å². The van der Waals surface area contributed by atoms with Crippen LogP contribution in [0, 0.1) is 17.8 Å². The minimum absolute atomic E-state index is 0.617. The fourth-order valence-corrected chi connectivity index (χ4v) is 5.39. The van der Waals surface area contributed by atoms with E-state index in [1.165, 1.54) is 95.5 Å². The molecule has 2 aliphatic carbocycles. The zero-order valence-corrected chi connectivity index (χ0v) is 18.0. The van der Waals surface area contributed by atoms with E-state index >= 15 is 0 Å². The third kappa shape index (κ3) is 6.57. The van der Waals surface area contributed by atoms with Crippen LogP contribution in [0.5, 0.6) is 0 Å². The molecule has 1 aromatic heterocycles. The minimum Gasteiger partial charge on any atom is -0.241 e. The molecule has 2 nitrogen and oxygen atoms in total. The number of aryl methyl sites for hydroxylation is 1. The van der Waals surface area contributed by atoms with Gasteiger partial charge < -0.3 is 0 Å². The van der Waals surface area contributed by atoms with E-state index in [1.807, 2.05) is 0 Å². The van der Waals surface area contributed by atoms with Crippen LogP contribution < -0.4 is 0 Å². The first kappa shape index (κ1) is 20.8. The standard InChI is InChI=1S/C25H42N2/c1-3-5-6-7-23-18-26-25(27-19-23)24-16-14-22(15-17-24)13-12-21-10-8-20(4-2)9-11-21/h18-22,24H,3-17H2,1-2H3/t20-,21-,22?,24?. The second-order valence-electron chi connectivity index (χ2n) is 9.50. The molecule has 3 rings (SSSR count). The Morgan fingerprint density at radius 2 is 1.30 bits per heavy atom. The van der Waals surface area contributed by atoms with Gasteiger partial charge in [-0.1, -0.05) is 71.6 Å². The maximum absolute atomic E-state index is 4.73. The largest absolute Gasteiger partial charge is 0.241 e. The number of unbranched alkanes of at least 4 members (excludes halogenated alkanes) is 2. The van der Waals surface area contributed by atoms with Crippen molar-refractivity contribution in [3.63, 3.8) is 0 Å². The Morgan fingerprint density at radius 1 is 0.741 bits per heavy atom. The number of rotatable bonds is 9. The summed E-state index contributed by atoms with van der Waals surface area (Å²) in [4.78, 5) is 9.46. The highest BCUT2D eigenvalue weighted by Crippen LogP contribution is 2.39. The molecule has 0 amide bonds. The molecule has 0 N–H and O–H groups in total. The van der Waals surface area contributed by atoms with E-state index in [0.29, 0.717) is 5.92 Å². The molecule has 1 aromatic rings. The van der Waals surface area contributed by atoms with Gasteiger partial charge >= 0.3 is 0 Å². The van der Waals surface area contributed by atoms with Crippen molar-refractivity contribution >= 4 is 0 Å². The zero-order chi connectivity index (χ0) is 18.9. The SMILES string of the molecule is CCCCCc1cnc(C2CCC(CC[C@H]3CC[C@H](CC)CC3)CC2)nc1. The lowest BCUT2D eigenvalue weighted by Gasteiger charge is -2.31. The van der Waals surface area contributed by atoms with Crippen molar-refractivity contribution < 1.29 is 0 Å². The summed E-state index contributed by atoms with van der Waals surface area (Å²) in [6.07, 6.45) is 25.0. The molecule has 152 valence electrons. The summed E-state index contributed by atoms with van der Waals surface area (Å²) in [7, 11) is 0. The van der Waals surface area contributed by atoms with Crippen molar-refractivity contribution in [1.82, 2.24) is 9.97 Å². The summed E-state index contributed by atoms with van der Waals surface area (Å²) in [5.74, 6) is 4.78. The van der Waals surface area contributed by atoms with E-state index < -0.39 is 0 Å². The quantitative estimate of drug-likeness (QED) is 0.421. The Labute approximate surface area is 168 Å². The van der Waals surface area contributed by atoms with Crippen LogP contribution in [0.3, 0.4) is 0 Å². The van der Waals surface area contributed by atoms with Crippen LogP contribution in [0.25, 0.3) is 0 Å². The van der Waals surface area contributed by atoms with Crippen LogP contribution in [-0.2, 0) is 6.42 Å². The summed E-state index contributed by atoms with van der Waals surface area (Å²) in [5, 5.41) is 0. The third-order valence-electron chi connectivity index (χ3n) is 7.53. The Bertz CT molecular complexity index is 508. The summed E-state index contributed by atoms with van der Waals surface area (Å²) in [5.41, 5.74) is 1.32. The molecule has 2 fully saturated rings. The zero-order valence-electron chi connectivity index (χ0n) is 18.0. The first-order chi connectivity index (χ1) is 13.3. The molecule has 2 saturated carbocycles. The Kier molecular flexibility index (Phi) is 8.61. The Hall–Kier alpha value is -0.920. The maximum atomic E-state index is 4.73. The molecule has 0 saturated heterocycles. The smallest absolute Gasteiger partial charge is 0.131 e. The van der Waals surface area contributed by atoms with Crippen LogP contribution in [0.15, 0.2) is 12.4 Å².